The molecular weight excluding hydrogens is 388 g/mol. The molecule has 0 fully saturated rings. The van der Waals surface area contributed by atoms with Crippen LogP contribution in [0.2, 0.25) is 0 Å². The molecule has 0 unspecified atom stereocenters. The van der Waals surface area contributed by atoms with Gasteiger partial charge >= 0.3 is 8.80 Å². The summed E-state index contributed by atoms with van der Waals surface area (Å²) in [4.78, 5) is 0. The molecular formula is C26H26O3Si. The van der Waals surface area contributed by atoms with E-state index in [1.54, 1.807) is 0 Å². The molecule has 0 saturated heterocycles. The topological polar surface area (TPSA) is 27.7 Å². The van der Waals surface area contributed by atoms with E-state index >= 15 is 0 Å². The Labute approximate surface area is 177 Å². The van der Waals surface area contributed by atoms with E-state index < -0.39 is 8.80 Å². The summed E-state index contributed by atoms with van der Waals surface area (Å²) in [6.07, 6.45) is 0. The van der Waals surface area contributed by atoms with Crippen LogP contribution >= 0.6 is 0 Å². The van der Waals surface area contributed by atoms with Crippen LogP contribution in [-0.2, 0) is 13.3 Å². The van der Waals surface area contributed by atoms with Crippen molar-refractivity contribution in [2.45, 2.75) is 20.8 Å². The molecule has 4 heteroatoms. The van der Waals surface area contributed by atoms with Crippen molar-refractivity contribution in [2.75, 3.05) is 19.8 Å². The zero-order valence-electron chi connectivity index (χ0n) is 17.7. The van der Waals surface area contributed by atoms with Crippen LogP contribution in [0.4, 0.5) is 0 Å². The Morgan fingerprint density at radius 2 is 1.03 bits per heavy atom. The first kappa shape index (κ1) is 19.5. The standard InChI is InChI=1S/C26H26O3Si/c1-4-27-30(28-5-2,29-6-3)23-17-16-19-12-8-14-21-20-13-7-10-18-11-9-15-22(24(18)20)26(23)25(19)21/h7-17H,4-6H2,1-3H3. The largest absolute Gasteiger partial charge is 0.537 e. The molecule has 0 atom stereocenters. The van der Waals surface area contributed by atoms with Crippen molar-refractivity contribution in [2.24, 2.45) is 0 Å². The number of hydrogen-bond donors (Lipinski definition) is 0. The van der Waals surface area contributed by atoms with Gasteiger partial charge in [0.05, 0.1) is 0 Å². The highest BCUT2D eigenvalue weighted by molar-refractivity contribution is 6.78. The van der Waals surface area contributed by atoms with Crippen LogP contribution in [0.25, 0.3) is 43.1 Å². The van der Waals surface area contributed by atoms with Crippen molar-refractivity contribution in [1.29, 1.82) is 0 Å². The highest BCUT2D eigenvalue weighted by Crippen LogP contribution is 2.40. The summed E-state index contributed by atoms with van der Waals surface area (Å²) in [6.45, 7) is 7.67. The van der Waals surface area contributed by atoms with Crippen LogP contribution < -0.4 is 5.19 Å². The second kappa shape index (κ2) is 7.64. The Balaban J connectivity index is 2.03. The van der Waals surface area contributed by atoms with E-state index in [1.165, 1.54) is 43.1 Å². The van der Waals surface area contributed by atoms with Gasteiger partial charge in [-0.3, -0.25) is 0 Å². The SMILES string of the molecule is CCO[Si](OCC)(OCC)c1ccc2cccc3c4cccc5cccc(c1c23)c54. The van der Waals surface area contributed by atoms with E-state index in [2.05, 4.69) is 66.7 Å². The van der Waals surface area contributed by atoms with E-state index in [4.69, 9.17) is 13.3 Å². The zero-order chi connectivity index (χ0) is 20.7. The molecule has 0 aliphatic carbocycles. The van der Waals surface area contributed by atoms with Crippen LogP contribution in [0.5, 0.6) is 0 Å². The van der Waals surface area contributed by atoms with Crippen LogP contribution in [0.3, 0.4) is 0 Å². The van der Waals surface area contributed by atoms with Crippen LogP contribution in [0, 0.1) is 0 Å². The van der Waals surface area contributed by atoms with Crippen LogP contribution in [0.1, 0.15) is 20.8 Å². The maximum absolute atomic E-state index is 6.33. The van der Waals surface area contributed by atoms with E-state index in [-0.39, 0.29) is 0 Å². The number of rotatable bonds is 7. The Bertz CT molecular complexity index is 1320. The monoisotopic (exact) mass is 414 g/mol. The summed E-state index contributed by atoms with van der Waals surface area (Å²) >= 11 is 0. The predicted molar refractivity (Wildman–Crippen MR) is 128 cm³/mol. The molecule has 0 N–H and O–H groups in total. The van der Waals surface area contributed by atoms with Gasteiger partial charge in [0.1, 0.15) is 0 Å². The van der Waals surface area contributed by atoms with Crippen LogP contribution in [-0.4, -0.2) is 28.6 Å². The molecule has 152 valence electrons. The molecule has 5 aromatic rings. The third-order valence-corrected chi connectivity index (χ3v) is 8.93. The molecule has 0 saturated carbocycles. The fourth-order valence-corrected chi connectivity index (χ4v) is 7.55. The molecule has 30 heavy (non-hydrogen) atoms. The third-order valence-electron chi connectivity index (χ3n) is 5.84. The van der Waals surface area contributed by atoms with Gasteiger partial charge in [0.2, 0.25) is 0 Å². The summed E-state index contributed by atoms with van der Waals surface area (Å²) in [5, 5.41) is 11.1. The Kier molecular flexibility index (Phi) is 4.95. The molecule has 0 aliphatic rings. The lowest BCUT2D eigenvalue weighted by molar-refractivity contribution is 0.0862. The second-order valence-electron chi connectivity index (χ2n) is 7.46. The lowest BCUT2D eigenvalue weighted by atomic mass is 9.90. The van der Waals surface area contributed by atoms with Gasteiger partial charge in [-0.2, -0.15) is 0 Å². The van der Waals surface area contributed by atoms with Crippen molar-refractivity contribution in [3.8, 4) is 0 Å². The van der Waals surface area contributed by atoms with E-state index in [0.29, 0.717) is 19.8 Å². The third kappa shape index (κ3) is 2.76. The molecule has 5 aromatic carbocycles. The molecule has 5 rings (SSSR count). The first-order valence-electron chi connectivity index (χ1n) is 10.7. The molecule has 0 bridgehead atoms. The summed E-state index contributed by atoms with van der Waals surface area (Å²) in [5.74, 6) is 0. The van der Waals surface area contributed by atoms with Crippen molar-refractivity contribution < 1.29 is 13.3 Å². The molecule has 0 spiro atoms. The van der Waals surface area contributed by atoms with E-state index in [1.807, 2.05) is 20.8 Å². The van der Waals surface area contributed by atoms with Gasteiger partial charge in [0, 0.05) is 25.0 Å². The first-order chi connectivity index (χ1) is 14.7. The highest BCUT2D eigenvalue weighted by atomic mass is 28.4. The number of benzene rings is 5. The Hall–Kier alpha value is -2.50. The first-order valence-corrected chi connectivity index (χ1v) is 12.5. The Morgan fingerprint density at radius 1 is 0.533 bits per heavy atom. The molecule has 3 nitrogen and oxygen atoms in total. The smallest absolute Gasteiger partial charge is 0.370 e. The second-order valence-corrected chi connectivity index (χ2v) is 9.97. The van der Waals surface area contributed by atoms with Gasteiger partial charge in [-0.25, -0.2) is 0 Å². The fraction of sp³-hybridized carbons (Fsp3) is 0.231. The highest BCUT2D eigenvalue weighted by Gasteiger charge is 2.45. The van der Waals surface area contributed by atoms with Gasteiger partial charge in [-0.05, 0) is 63.9 Å². The van der Waals surface area contributed by atoms with E-state index in [0.717, 1.165) is 5.19 Å². The van der Waals surface area contributed by atoms with E-state index in [9.17, 15) is 0 Å². The molecule has 0 amide bonds. The lowest BCUT2D eigenvalue weighted by Gasteiger charge is -2.30. The Morgan fingerprint density at radius 3 is 1.60 bits per heavy atom. The van der Waals surface area contributed by atoms with Crippen molar-refractivity contribution in [1.82, 2.24) is 0 Å². The summed E-state index contributed by atoms with van der Waals surface area (Å²) < 4.78 is 19.0. The average molecular weight is 415 g/mol. The molecule has 0 aromatic heterocycles. The minimum Gasteiger partial charge on any atom is -0.370 e. The number of hydrogen-bond acceptors (Lipinski definition) is 3. The number of fused-ring (bicyclic) bond motifs is 2. The van der Waals surface area contributed by atoms with Crippen molar-refractivity contribution in [3.05, 3.63) is 66.7 Å². The van der Waals surface area contributed by atoms with Gasteiger partial charge in [-0.15, -0.1) is 0 Å². The maximum Gasteiger partial charge on any atom is 0.537 e. The average Bonchev–Trinajstić information content (AvgIpc) is 2.77. The molecule has 0 radical (unpaired) electrons. The summed E-state index contributed by atoms with van der Waals surface area (Å²) in [5.41, 5.74) is 0. The quantitative estimate of drug-likeness (QED) is 0.186. The van der Waals surface area contributed by atoms with Gasteiger partial charge in [0.25, 0.3) is 0 Å². The minimum atomic E-state index is -3.08. The van der Waals surface area contributed by atoms with Gasteiger partial charge < -0.3 is 13.3 Å². The molecule has 0 aliphatic heterocycles. The van der Waals surface area contributed by atoms with Crippen molar-refractivity contribution >= 4 is 57.1 Å². The lowest BCUT2D eigenvalue weighted by Crippen LogP contribution is -2.57. The predicted octanol–water partition coefficient (Wildman–Crippen LogP) is 5.99. The normalized spacial score (nSPS) is 12.6. The summed E-state index contributed by atoms with van der Waals surface area (Å²) in [6, 6.07) is 24.0. The van der Waals surface area contributed by atoms with Gasteiger partial charge in [0.15, 0.2) is 0 Å². The minimum absolute atomic E-state index is 0.548. The maximum atomic E-state index is 6.33. The van der Waals surface area contributed by atoms with Gasteiger partial charge in [-0.1, -0.05) is 66.7 Å². The van der Waals surface area contributed by atoms with Crippen LogP contribution in [0.15, 0.2) is 66.7 Å². The molecule has 0 heterocycles. The zero-order valence-corrected chi connectivity index (χ0v) is 18.7. The van der Waals surface area contributed by atoms with Crippen molar-refractivity contribution in [3.63, 3.8) is 0 Å². The fourth-order valence-electron chi connectivity index (χ4n) is 4.84. The summed E-state index contributed by atoms with van der Waals surface area (Å²) in [7, 11) is -3.08.